The predicted molar refractivity (Wildman–Crippen MR) is 38.1 cm³/mol. The lowest BCUT2D eigenvalue weighted by Crippen LogP contribution is -2.33. The third-order valence-corrected chi connectivity index (χ3v) is 2.34. The van der Waals surface area contributed by atoms with E-state index in [1.807, 2.05) is 0 Å². The van der Waals surface area contributed by atoms with Crippen LogP contribution in [-0.4, -0.2) is 18.0 Å². The fourth-order valence-corrected chi connectivity index (χ4v) is 1.83. The van der Waals surface area contributed by atoms with E-state index in [4.69, 9.17) is 0 Å². The fraction of sp³-hybridized carbons (Fsp3) is 0.750. The molecule has 0 saturated carbocycles. The lowest BCUT2D eigenvalue weighted by atomic mass is 9.93. The maximum atomic E-state index is 2.44. The summed E-state index contributed by atoms with van der Waals surface area (Å²) in [6.07, 6.45) is 8.77. The maximum Gasteiger partial charge on any atom is 0.0203 e. The normalized spacial score (nSPS) is 32.9. The third-order valence-electron chi connectivity index (χ3n) is 2.34. The zero-order chi connectivity index (χ0) is 6.10. The fourth-order valence-electron chi connectivity index (χ4n) is 1.83. The van der Waals surface area contributed by atoms with Crippen LogP contribution >= 0.6 is 0 Å². The van der Waals surface area contributed by atoms with E-state index in [2.05, 4.69) is 17.2 Å². The minimum atomic E-state index is 0.990. The van der Waals surface area contributed by atoms with E-state index in [9.17, 15) is 0 Å². The van der Waals surface area contributed by atoms with Crippen LogP contribution in [0, 0.1) is 5.92 Å². The van der Waals surface area contributed by atoms with Crippen LogP contribution in [0.5, 0.6) is 0 Å². The van der Waals surface area contributed by atoms with Gasteiger partial charge in [0.1, 0.15) is 0 Å². The Morgan fingerprint density at radius 2 is 2.44 bits per heavy atom. The average molecular weight is 123 g/mol. The molecule has 2 rings (SSSR count). The quantitative estimate of drug-likeness (QED) is 0.473. The largest absolute Gasteiger partial charge is 0.377 e. The van der Waals surface area contributed by atoms with Crippen molar-refractivity contribution in [1.82, 2.24) is 4.90 Å². The topological polar surface area (TPSA) is 3.24 Å². The molecule has 0 aromatic carbocycles. The lowest BCUT2D eigenvalue weighted by Gasteiger charge is -2.34. The summed E-state index contributed by atoms with van der Waals surface area (Å²) < 4.78 is 0. The van der Waals surface area contributed by atoms with Crippen LogP contribution in [0.1, 0.15) is 19.3 Å². The van der Waals surface area contributed by atoms with E-state index in [-0.39, 0.29) is 0 Å². The molecule has 2 aliphatic heterocycles. The lowest BCUT2D eigenvalue weighted by molar-refractivity contribution is 0.219. The second-order valence-electron chi connectivity index (χ2n) is 3.12. The van der Waals surface area contributed by atoms with E-state index < -0.39 is 0 Å². The van der Waals surface area contributed by atoms with Crippen molar-refractivity contribution in [3.8, 4) is 0 Å². The van der Waals surface area contributed by atoms with Crippen molar-refractivity contribution in [3.63, 3.8) is 0 Å². The van der Waals surface area contributed by atoms with Gasteiger partial charge in [-0.3, -0.25) is 0 Å². The van der Waals surface area contributed by atoms with Crippen molar-refractivity contribution in [1.29, 1.82) is 0 Å². The molecule has 9 heavy (non-hydrogen) atoms. The average Bonchev–Trinajstić information content (AvgIpc) is 1.88. The second-order valence-corrected chi connectivity index (χ2v) is 3.12. The molecule has 0 N–H and O–H groups in total. The van der Waals surface area contributed by atoms with E-state index in [1.54, 1.807) is 0 Å². The minimum absolute atomic E-state index is 0.990. The summed E-state index contributed by atoms with van der Waals surface area (Å²) in [6, 6.07) is 0. The summed E-state index contributed by atoms with van der Waals surface area (Å²) in [4.78, 5) is 2.44. The molecule has 1 nitrogen and oxygen atoms in total. The minimum Gasteiger partial charge on any atom is -0.377 e. The van der Waals surface area contributed by atoms with Crippen LogP contribution in [-0.2, 0) is 0 Å². The van der Waals surface area contributed by atoms with Gasteiger partial charge in [-0.15, -0.1) is 0 Å². The summed E-state index contributed by atoms with van der Waals surface area (Å²) in [5, 5.41) is 0. The number of hydrogen-bond acceptors (Lipinski definition) is 1. The number of hydrogen-bond donors (Lipinski definition) is 0. The molecule has 0 aromatic rings. The number of allylic oxidation sites excluding steroid dienone is 1. The van der Waals surface area contributed by atoms with Gasteiger partial charge in [0.25, 0.3) is 0 Å². The molecule has 1 fully saturated rings. The standard InChI is InChI=1S/C8H13N/c1-3-8-4-2-6-9(5-1)7-8/h1,5,8H,2-4,6-7H2. The van der Waals surface area contributed by atoms with Gasteiger partial charge in [-0.1, -0.05) is 6.08 Å². The first kappa shape index (κ1) is 5.33. The molecule has 0 amide bonds. The Hall–Kier alpha value is -0.460. The van der Waals surface area contributed by atoms with Gasteiger partial charge in [0.2, 0.25) is 0 Å². The van der Waals surface area contributed by atoms with Crippen molar-refractivity contribution in [2.45, 2.75) is 19.3 Å². The predicted octanol–water partition coefficient (Wildman–Crippen LogP) is 1.62. The smallest absolute Gasteiger partial charge is 0.0203 e. The molecule has 1 atom stereocenters. The van der Waals surface area contributed by atoms with Gasteiger partial charge < -0.3 is 4.90 Å². The number of nitrogens with zero attached hydrogens (tertiary/aromatic N) is 1. The zero-order valence-corrected chi connectivity index (χ0v) is 5.71. The van der Waals surface area contributed by atoms with Gasteiger partial charge in [-0.25, -0.2) is 0 Å². The molecular weight excluding hydrogens is 110 g/mol. The van der Waals surface area contributed by atoms with E-state index in [1.165, 1.54) is 32.4 Å². The summed E-state index contributed by atoms with van der Waals surface area (Å²) in [6.45, 7) is 2.63. The molecule has 0 spiro atoms. The monoisotopic (exact) mass is 123 g/mol. The van der Waals surface area contributed by atoms with Crippen molar-refractivity contribution in [2.24, 2.45) is 5.92 Å². The first-order chi connectivity index (χ1) is 4.45. The highest BCUT2D eigenvalue weighted by atomic mass is 15.1. The van der Waals surface area contributed by atoms with E-state index >= 15 is 0 Å². The van der Waals surface area contributed by atoms with Crippen molar-refractivity contribution in [2.75, 3.05) is 13.1 Å². The molecule has 0 aliphatic carbocycles. The van der Waals surface area contributed by atoms with E-state index in [0.29, 0.717) is 0 Å². The van der Waals surface area contributed by atoms with Crippen LogP contribution in [0.3, 0.4) is 0 Å². The maximum absolute atomic E-state index is 2.44. The summed E-state index contributed by atoms with van der Waals surface area (Å²) >= 11 is 0. The Labute approximate surface area is 56.4 Å². The van der Waals surface area contributed by atoms with Crippen molar-refractivity contribution >= 4 is 0 Å². The van der Waals surface area contributed by atoms with Crippen LogP contribution < -0.4 is 0 Å². The van der Waals surface area contributed by atoms with E-state index in [0.717, 1.165) is 5.92 Å². The molecule has 1 unspecified atom stereocenters. The first-order valence-electron chi connectivity index (χ1n) is 3.86. The molecule has 50 valence electrons. The number of fused-ring (bicyclic) bond motifs is 2. The van der Waals surface area contributed by atoms with Gasteiger partial charge in [-0.2, -0.15) is 0 Å². The first-order valence-corrected chi connectivity index (χ1v) is 3.86. The molecule has 2 bridgehead atoms. The Kier molecular flexibility index (Phi) is 1.22. The van der Waals surface area contributed by atoms with Crippen LogP contribution in [0.2, 0.25) is 0 Å². The highest BCUT2D eigenvalue weighted by Gasteiger charge is 2.18. The summed E-state index contributed by atoms with van der Waals surface area (Å²) in [5.74, 6) is 0.990. The SMILES string of the molecule is C1=CN2CCCC(C1)C2. The van der Waals surface area contributed by atoms with Gasteiger partial charge >= 0.3 is 0 Å². The Bertz CT molecular complexity index is 129. The molecule has 1 saturated heterocycles. The molecular formula is C8H13N. The van der Waals surface area contributed by atoms with Gasteiger partial charge in [0.05, 0.1) is 0 Å². The molecule has 2 heterocycles. The van der Waals surface area contributed by atoms with Gasteiger partial charge in [0, 0.05) is 13.1 Å². The van der Waals surface area contributed by atoms with Crippen LogP contribution in [0.4, 0.5) is 0 Å². The van der Waals surface area contributed by atoms with Crippen LogP contribution in [0.25, 0.3) is 0 Å². The highest BCUT2D eigenvalue weighted by molar-refractivity contribution is 4.94. The third kappa shape index (κ3) is 0.958. The summed E-state index contributed by atoms with van der Waals surface area (Å²) in [7, 11) is 0. The zero-order valence-electron chi connectivity index (χ0n) is 5.71. The molecule has 0 aromatic heterocycles. The Balaban J connectivity index is 2.09. The van der Waals surface area contributed by atoms with Gasteiger partial charge in [-0.05, 0) is 31.4 Å². The van der Waals surface area contributed by atoms with Crippen molar-refractivity contribution < 1.29 is 0 Å². The van der Waals surface area contributed by atoms with Crippen LogP contribution in [0.15, 0.2) is 12.3 Å². The Morgan fingerprint density at radius 1 is 1.44 bits per heavy atom. The highest BCUT2D eigenvalue weighted by Crippen LogP contribution is 2.23. The molecule has 1 heteroatoms. The second kappa shape index (κ2) is 2.05. The van der Waals surface area contributed by atoms with Gasteiger partial charge in [0.15, 0.2) is 0 Å². The molecule has 2 aliphatic rings. The molecule has 0 radical (unpaired) electrons. The van der Waals surface area contributed by atoms with Crippen molar-refractivity contribution in [3.05, 3.63) is 12.3 Å². The summed E-state index contributed by atoms with van der Waals surface area (Å²) in [5.41, 5.74) is 0. The Morgan fingerprint density at radius 3 is 3.22 bits per heavy atom. The number of piperidine rings is 1. The number of rotatable bonds is 0.